The Balaban J connectivity index is 1.22. The van der Waals surface area contributed by atoms with Crippen molar-refractivity contribution in [3.8, 4) is 0 Å². The zero-order chi connectivity index (χ0) is 22.2. The lowest BCUT2D eigenvalue weighted by Crippen LogP contribution is -2.51. The Kier molecular flexibility index (Phi) is 5.01. The Hall–Kier alpha value is -1.38. The summed E-state index contributed by atoms with van der Waals surface area (Å²) in [6, 6.07) is 6.72. The molecular formula is C29H40FNO. The van der Waals surface area contributed by atoms with E-state index in [4.69, 9.17) is 0 Å². The second-order valence-corrected chi connectivity index (χ2v) is 12.6. The van der Waals surface area contributed by atoms with Crippen molar-refractivity contribution in [2.75, 3.05) is 11.9 Å². The molecule has 0 spiro atoms. The van der Waals surface area contributed by atoms with Crippen LogP contribution in [0.5, 0.6) is 0 Å². The van der Waals surface area contributed by atoms with Crippen molar-refractivity contribution in [1.82, 2.24) is 0 Å². The summed E-state index contributed by atoms with van der Waals surface area (Å²) in [6.45, 7) is 7.59. The van der Waals surface area contributed by atoms with Crippen molar-refractivity contribution in [2.24, 2.45) is 64.6 Å². The maximum Gasteiger partial charge on any atom is 0.155 e. The Morgan fingerprint density at radius 2 is 1.81 bits per heavy atom. The highest BCUT2D eigenvalue weighted by atomic mass is 19.1. The Labute approximate surface area is 193 Å². The highest BCUT2D eigenvalue weighted by molar-refractivity contribution is 5.87. The van der Waals surface area contributed by atoms with Crippen molar-refractivity contribution in [3.05, 3.63) is 30.1 Å². The summed E-state index contributed by atoms with van der Waals surface area (Å²) >= 11 is 0. The van der Waals surface area contributed by atoms with Gasteiger partial charge in [-0.2, -0.15) is 0 Å². The molecule has 1 N–H and O–H groups in total. The molecule has 0 saturated heterocycles. The number of nitrogens with one attached hydrogen (secondary N) is 1. The van der Waals surface area contributed by atoms with E-state index in [0.717, 1.165) is 41.4 Å². The molecule has 0 aromatic heterocycles. The zero-order valence-electron chi connectivity index (χ0n) is 20.0. The Bertz CT molecular complexity index is 899. The number of para-hydroxylation sites is 1. The molecule has 174 valence electrons. The van der Waals surface area contributed by atoms with Crippen LogP contribution in [0, 0.1) is 70.4 Å². The predicted molar refractivity (Wildman–Crippen MR) is 127 cm³/mol. The minimum atomic E-state index is -0.271. The standard InChI is InChI=1S/C29H40FNO/c1-16-8-10-19-18(14-16)9-11-21-20(19)12-13-29(3)27(21)25-17(2)26(25)28(29)24(32)15-31-23-7-5-4-6-22(23)30/h4-7,16-21,25-28,31H,8-15H2,1-3H3/t16-,17?,18+,19-,20+,21+,25+,26-,27?,28-,29-/m0/s1. The van der Waals surface area contributed by atoms with Crippen LogP contribution in [0.2, 0.25) is 0 Å². The van der Waals surface area contributed by atoms with Crippen LogP contribution >= 0.6 is 0 Å². The van der Waals surface area contributed by atoms with E-state index in [1.165, 1.54) is 51.0 Å². The van der Waals surface area contributed by atoms with Gasteiger partial charge in [-0.05, 0) is 109 Å². The summed E-state index contributed by atoms with van der Waals surface area (Å²) in [5.41, 5.74) is 0.612. The molecule has 0 aliphatic heterocycles. The van der Waals surface area contributed by atoms with Gasteiger partial charge in [0.25, 0.3) is 0 Å². The molecule has 5 aliphatic rings. The summed E-state index contributed by atoms with van der Waals surface area (Å²) in [7, 11) is 0. The number of rotatable bonds is 4. The largest absolute Gasteiger partial charge is 0.376 e. The molecule has 3 heteroatoms. The van der Waals surface area contributed by atoms with Gasteiger partial charge in [0.2, 0.25) is 0 Å². The van der Waals surface area contributed by atoms with Crippen LogP contribution < -0.4 is 5.32 Å². The number of Topliss-reactive ketones (excluding diaryl/α,β-unsaturated/α-hetero) is 1. The van der Waals surface area contributed by atoms with Crippen molar-refractivity contribution in [2.45, 2.75) is 65.7 Å². The number of anilines is 1. The van der Waals surface area contributed by atoms with Crippen LogP contribution in [-0.2, 0) is 4.79 Å². The van der Waals surface area contributed by atoms with E-state index in [1.54, 1.807) is 12.1 Å². The molecule has 5 fully saturated rings. The third-order valence-corrected chi connectivity index (χ3v) is 11.2. The number of carbonyl (C=O) groups is 1. The molecule has 0 radical (unpaired) electrons. The zero-order valence-corrected chi connectivity index (χ0v) is 20.0. The smallest absolute Gasteiger partial charge is 0.155 e. The van der Waals surface area contributed by atoms with E-state index >= 15 is 0 Å². The van der Waals surface area contributed by atoms with E-state index in [0.29, 0.717) is 23.3 Å². The molecule has 1 aromatic rings. The molecule has 1 aromatic carbocycles. The molecular weight excluding hydrogens is 397 g/mol. The van der Waals surface area contributed by atoms with Gasteiger partial charge in [0.15, 0.2) is 5.78 Å². The molecule has 32 heavy (non-hydrogen) atoms. The molecule has 0 heterocycles. The predicted octanol–water partition coefficient (Wildman–Crippen LogP) is 6.81. The molecule has 2 nitrogen and oxygen atoms in total. The fraction of sp³-hybridized carbons (Fsp3) is 0.759. The second kappa shape index (κ2) is 7.57. The van der Waals surface area contributed by atoms with Crippen LogP contribution in [0.3, 0.4) is 0 Å². The van der Waals surface area contributed by atoms with Gasteiger partial charge in [-0.25, -0.2) is 4.39 Å². The summed E-state index contributed by atoms with van der Waals surface area (Å²) in [6.07, 6.45) is 9.75. The number of fused-ring (bicyclic) bond motifs is 7. The summed E-state index contributed by atoms with van der Waals surface area (Å²) in [4.78, 5) is 13.6. The van der Waals surface area contributed by atoms with Crippen molar-refractivity contribution >= 4 is 11.5 Å². The van der Waals surface area contributed by atoms with Gasteiger partial charge in [-0.3, -0.25) is 4.79 Å². The number of hydrogen-bond donors (Lipinski definition) is 1. The monoisotopic (exact) mass is 437 g/mol. The highest BCUT2D eigenvalue weighted by Gasteiger charge is 2.73. The highest BCUT2D eigenvalue weighted by Crippen LogP contribution is 2.76. The third-order valence-electron chi connectivity index (χ3n) is 11.2. The average Bonchev–Trinajstić information content (AvgIpc) is 3.29. The minimum Gasteiger partial charge on any atom is -0.376 e. The second-order valence-electron chi connectivity index (χ2n) is 12.6. The Morgan fingerprint density at radius 3 is 2.62 bits per heavy atom. The fourth-order valence-electron chi connectivity index (χ4n) is 9.99. The van der Waals surface area contributed by atoms with Gasteiger partial charge in [-0.15, -0.1) is 0 Å². The van der Waals surface area contributed by atoms with Gasteiger partial charge in [0, 0.05) is 5.92 Å². The fourth-order valence-corrected chi connectivity index (χ4v) is 9.99. The first-order valence-electron chi connectivity index (χ1n) is 13.4. The number of halogens is 1. The first kappa shape index (κ1) is 21.2. The quantitative estimate of drug-likeness (QED) is 0.560. The van der Waals surface area contributed by atoms with Crippen LogP contribution in [0.1, 0.15) is 65.7 Å². The lowest BCUT2D eigenvalue weighted by atomic mass is 9.47. The first-order chi connectivity index (χ1) is 15.4. The van der Waals surface area contributed by atoms with Crippen LogP contribution in [-0.4, -0.2) is 12.3 Å². The van der Waals surface area contributed by atoms with E-state index in [9.17, 15) is 9.18 Å². The number of carbonyl (C=O) groups excluding carboxylic acids is 1. The maximum absolute atomic E-state index is 14.1. The van der Waals surface area contributed by atoms with E-state index in [-0.39, 0.29) is 23.7 Å². The first-order valence-corrected chi connectivity index (χ1v) is 13.4. The van der Waals surface area contributed by atoms with Crippen molar-refractivity contribution < 1.29 is 9.18 Å². The summed E-state index contributed by atoms with van der Waals surface area (Å²) in [5, 5.41) is 3.13. The molecule has 2 unspecified atom stereocenters. The molecule has 6 rings (SSSR count). The maximum atomic E-state index is 14.1. The minimum absolute atomic E-state index is 0.159. The summed E-state index contributed by atoms with van der Waals surface area (Å²) in [5.74, 6) is 7.60. The van der Waals surface area contributed by atoms with Gasteiger partial charge in [0.1, 0.15) is 5.82 Å². The van der Waals surface area contributed by atoms with E-state index in [2.05, 4.69) is 26.1 Å². The van der Waals surface area contributed by atoms with Crippen LogP contribution in [0.25, 0.3) is 0 Å². The Morgan fingerprint density at radius 1 is 1.03 bits per heavy atom. The van der Waals surface area contributed by atoms with Gasteiger partial charge in [-0.1, -0.05) is 39.3 Å². The van der Waals surface area contributed by atoms with E-state index < -0.39 is 0 Å². The number of benzene rings is 1. The summed E-state index contributed by atoms with van der Waals surface area (Å²) < 4.78 is 14.1. The average molecular weight is 438 g/mol. The van der Waals surface area contributed by atoms with Gasteiger partial charge < -0.3 is 5.32 Å². The SMILES string of the molecule is CC1[C@H]2C3[C@@H]4CC[C@@H]5C[C@@H](C)CC[C@@H]5[C@H]4CC[C@]3(C)[C@@H](C(=O)CNc3ccccc3F)[C@@H]12. The van der Waals surface area contributed by atoms with Crippen molar-refractivity contribution in [3.63, 3.8) is 0 Å². The van der Waals surface area contributed by atoms with Crippen LogP contribution in [0.4, 0.5) is 10.1 Å². The lowest BCUT2D eigenvalue weighted by Gasteiger charge is -2.57. The van der Waals surface area contributed by atoms with Gasteiger partial charge in [0.05, 0.1) is 12.2 Å². The molecule has 0 bridgehead atoms. The van der Waals surface area contributed by atoms with Crippen molar-refractivity contribution in [1.29, 1.82) is 0 Å². The number of ketones is 1. The third kappa shape index (κ3) is 3.05. The molecule has 5 aliphatic carbocycles. The number of hydrogen-bond acceptors (Lipinski definition) is 2. The molecule has 11 atom stereocenters. The van der Waals surface area contributed by atoms with Gasteiger partial charge >= 0.3 is 0 Å². The molecule has 5 saturated carbocycles. The lowest BCUT2D eigenvalue weighted by molar-refractivity contribution is -0.132. The topological polar surface area (TPSA) is 29.1 Å². The van der Waals surface area contributed by atoms with Crippen LogP contribution in [0.15, 0.2) is 24.3 Å². The van der Waals surface area contributed by atoms with E-state index in [1.807, 2.05) is 6.07 Å². The molecule has 0 amide bonds. The normalized spacial score (nSPS) is 48.8.